The summed E-state index contributed by atoms with van der Waals surface area (Å²) in [5.41, 5.74) is 10.9. The molecule has 0 fully saturated rings. The van der Waals surface area contributed by atoms with Gasteiger partial charge in [0.2, 0.25) is 0 Å². The number of nitriles is 1. The van der Waals surface area contributed by atoms with E-state index in [2.05, 4.69) is 119 Å². The van der Waals surface area contributed by atoms with Crippen LogP contribution in [0.1, 0.15) is 5.56 Å². The van der Waals surface area contributed by atoms with Gasteiger partial charge in [-0.1, -0.05) is 97.1 Å². The summed E-state index contributed by atoms with van der Waals surface area (Å²) in [6.45, 7) is 0. The average molecular weight is 664 g/mol. The third-order valence-corrected chi connectivity index (χ3v) is 9.48. The molecule has 0 N–H and O–H groups in total. The lowest BCUT2D eigenvalue weighted by Crippen LogP contribution is -1.92. The Labute approximate surface area is 301 Å². The van der Waals surface area contributed by atoms with Gasteiger partial charge in [0.1, 0.15) is 0 Å². The lowest BCUT2D eigenvalue weighted by atomic mass is 9.92. The van der Waals surface area contributed by atoms with Crippen LogP contribution >= 0.6 is 0 Å². The molecule has 0 radical (unpaired) electrons. The van der Waals surface area contributed by atoms with Gasteiger partial charge in [0.25, 0.3) is 0 Å². The highest BCUT2D eigenvalue weighted by molar-refractivity contribution is 5.91. The molecule has 0 saturated heterocycles. The third kappa shape index (κ3) is 6.06. The van der Waals surface area contributed by atoms with E-state index in [4.69, 9.17) is 15.2 Å². The summed E-state index contributed by atoms with van der Waals surface area (Å²) in [6, 6.07) is 54.5. The molecule has 52 heavy (non-hydrogen) atoms. The highest BCUT2D eigenvalue weighted by Gasteiger charge is 2.11. The van der Waals surface area contributed by atoms with E-state index in [0.29, 0.717) is 17.2 Å². The fourth-order valence-electron chi connectivity index (χ4n) is 6.62. The predicted octanol–water partition coefficient (Wildman–Crippen LogP) is 11.4. The molecular weight excluding hydrogens is 635 g/mol. The van der Waals surface area contributed by atoms with Gasteiger partial charge in [0.05, 0.1) is 11.6 Å². The van der Waals surface area contributed by atoms with Crippen LogP contribution in [0.4, 0.5) is 0 Å². The van der Waals surface area contributed by atoms with Gasteiger partial charge in [-0.05, 0) is 110 Å². The number of aromatic nitrogens is 4. The Morgan fingerprint density at radius 1 is 0.308 bits per heavy atom. The van der Waals surface area contributed by atoms with Crippen molar-refractivity contribution in [3.63, 3.8) is 0 Å². The first-order valence-electron chi connectivity index (χ1n) is 17.1. The molecule has 0 saturated carbocycles. The van der Waals surface area contributed by atoms with E-state index < -0.39 is 0 Å². The fraction of sp³-hybridized carbons (Fsp3) is 0. The van der Waals surface area contributed by atoms with Crippen molar-refractivity contribution >= 4 is 21.5 Å². The molecule has 0 amide bonds. The van der Waals surface area contributed by atoms with Crippen molar-refractivity contribution in [3.8, 4) is 73.4 Å². The topological polar surface area (TPSA) is 75.3 Å². The molecule has 7 aromatic carbocycles. The van der Waals surface area contributed by atoms with Crippen molar-refractivity contribution in [2.24, 2.45) is 0 Å². The minimum Gasteiger partial charge on any atom is -0.236 e. The number of fused-ring (bicyclic) bond motifs is 2. The Morgan fingerprint density at radius 3 is 1.13 bits per heavy atom. The standard InChI is InChI=1S/C47H29N5/c48-26-31-9-11-35(12-10-31)46-49-27-44(28-50-46)34-13-17-36(18-14-34)47-51-29-45(30-52-47)43-24-41(39-19-15-32-5-1-3-7-37(32)21-39)23-42(25-43)40-20-16-33-6-2-4-8-38(33)22-40/h1-25,27-30H. The number of benzene rings is 7. The molecule has 2 heterocycles. The van der Waals surface area contributed by atoms with E-state index in [1.807, 2.05) is 61.2 Å². The van der Waals surface area contributed by atoms with Crippen LogP contribution in [0.2, 0.25) is 0 Å². The summed E-state index contributed by atoms with van der Waals surface area (Å²) in [7, 11) is 0. The van der Waals surface area contributed by atoms with Gasteiger partial charge in [0.15, 0.2) is 11.6 Å². The van der Waals surface area contributed by atoms with Crippen molar-refractivity contribution in [3.05, 3.63) is 182 Å². The number of hydrogen-bond donors (Lipinski definition) is 0. The van der Waals surface area contributed by atoms with Crippen molar-refractivity contribution in [1.29, 1.82) is 5.26 Å². The molecule has 0 aliphatic rings. The molecule has 5 heteroatoms. The zero-order valence-electron chi connectivity index (χ0n) is 28.0. The lowest BCUT2D eigenvalue weighted by Gasteiger charge is -2.13. The van der Waals surface area contributed by atoms with Gasteiger partial charge in [-0.15, -0.1) is 0 Å². The molecule has 0 unspecified atom stereocenters. The minimum absolute atomic E-state index is 0.608. The Hall–Kier alpha value is -7.29. The zero-order chi connectivity index (χ0) is 34.9. The number of nitrogens with zero attached hydrogens (tertiary/aromatic N) is 5. The first-order chi connectivity index (χ1) is 25.7. The Morgan fingerprint density at radius 2 is 0.673 bits per heavy atom. The van der Waals surface area contributed by atoms with Crippen molar-refractivity contribution in [2.75, 3.05) is 0 Å². The van der Waals surface area contributed by atoms with E-state index in [-0.39, 0.29) is 0 Å². The Balaban J connectivity index is 1.02. The first kappa shape index (κ1) is 30.7. The monoisotopic (exact) mass is 663 g/mol. The Kier molecular flexibility index (Phi) is 7.81. The smallest absolute Gasteiger partial charge is 0.159 e. The maximum atomic E-state index is 9.06. The lowest BCUT2D eigenvalue weighted by molar-refractivity contribution is 1.17. The van der Waals surface area contributed by atoms with E-state index in [1.54, 1.807) is 12.1 Å². The van der Waals surface area contributed by atoms with Crippen LogP contribution in [0.5, 0.6) is 0 Å². The van der Waals surface area contributed by atoms with Crippen LogP contribution in [0, 0.1) is 11.3 Å². The Bertz CT molecular complexity index is 2670. The van der Waals surface area contributed by atoms with E-state index in [0.717, 1.165) is 55.6 Å². The van der Waals surface area contributed by atoms with E-state index in [1.165, 1.54) is 21.5 Å². The molecule has 0 spiro atoms. The molecule has 2 aromatic heterocycles. The van der Waals surface area contributed by atoms with Gasteiger partial charge >= 0.3 is 0 Å². The molecule has 0 aliphatic carbocycles. The first-order valence-corrected chi connectivity index (χ1v) is 17.1. The maximum absolute atomic E-state index is 9.06. The summed E-state index contributed by atoms with van der Waals surface area (Å²) >= 11 is 0. The predicted molar refractivity (Wildman–Crippen MR) is 210 cm³/mol. The summed E-state index contributed by atoms with van der Waals surface area (Å²) < 4.78 is 0. The van der Waals surface area contributed by atoms with Crippen LogP contribution < -0.4 is 0 Å². The van der Waals surface area contributed by atoms with Crippen LogP contribution in [0.25, 0.3) is 88.8 Å². The van der Waals surface area contributed by atoms with Gasteiger partial charge in [-0.2, -0.15) is 5.26 Å². The van der Waals surface area contributed by atoms with Crippen LogP contribution in [0.3, 0.4) is 0 Å². The second-order valence-corrected chi connectivity index (χ2v) is 12.8. The largest absolute Gasteiger partial charge is 0.236 e. The van der Waals surface area contributed by atoms with Crippen LogP contribution in [0.15, 0.2) is 176 Å². The molecule has 0 bridgehead atoms. The molecular formula is C47H29N5. The second-order valence-electron chi connectivity index (χ2n) is 12.8. The molecule has 0 atom stereocenters. The van der Waals surface area contributed by atoms with Gasteiger partial charge in [-0.3, -0.25) is 0 Å². The second kappa shape index (κ2) is 13.2. The summed E-state index contributed by atoms with van der Waals surface area (Å²) in [6.07, 6.45) is 7.46. The highest BCUT2D eigenvalue weighted by Crippen LogP contribution is 2.35. The number of rotatable bonds is 6. The average Bonchev–Trinajstić information content (AvgIpc) is 3.23. The maximum Gasteiger partial charge on any atom is 0.159 e. The molecule has 9 rings (SSSR count). The summed E-state index contributed by atoms with van der Waals surface area (Å²) in [5, 5.41) is 13.9. The molecule has 5 nitrogen and oxygen atoms in total. The normalized spacial score (nSPS) is 11.1. The van der Waals surface area contributed by atoms with Gasteiger partial charge < -0.3 is 0 Å². The van der Waals surface area contributed by atoms with Gasteiger partial charge in [-0.25, -0.2) is 19.9 Å². The van der Waals surface area contributed by atoms with E-state index >= 15 is 0 Å². The minimum atomic E-state index is 0.608. The molecule has 242 valence electrons. The van der Waals surface area contributed by atoms with Crippen LogP contribution in [-0.4, -0.2) is 19.9 Å². The summed E-state index contributed by atoms with van der Waals surface area (Å²) in [4.78, 5) is 18.7. The SMILES string of the molecule is N#Cc1ccc(-c2ncc(-c3ccc(-c4ncc(-c5cc(-c6ccc7ccccc7c6)cc(-c6ccc7ccccc7c6)c5)cn4)cc3)cn2)cc1. The third-order valence-electron chi connectivity index (χ3n) is 9.48. The number of hydrogen-bond acceptors (Lipinski definition) is 5. The quantitative estimate of drug-likeness (QED) is 0.177. The fourth-order valence-corrected chi connectivity index (χ4v) is 6.62. The highest BCUT2D eigenvalue weighted by atomic mass is 14.9. The molecule has 0 aliphatic heterocycles. The zero-order valence-corrected chi connectivity index (χ0v) is 28.0. The van der Waals surface area contributed by atoms with Crippen molar-refractivity contribution in [2.45, 2.75) is 0 Å². The van der Waals surface area contributed by atoms with E-state index in [9.17, 15) is 0 Å². The molecule has 9 aromatic rings. The van der Waals surface area contributed by atoms with Crippen molar-refractivity contribution < 1.29 is 0 Å². The van der Waals surface area contributed by atoms with Gasteiger partial charge in [0, 0.05) is 47.0 Å². The van der Waals surface area contributed by atoms with Crippen LogP contribution in [-0.2, 0) is 0 Å². The van der Waals surface area contributed by atoms with Crippen molar-refractivity contribution in [1.82, 2.24) is 19.9 Å². The summed E-state index contributed by atoms with van der Waals surface area (Å²) in [5.74, 6) is 1.27.